The van der Waals surface area contributed by atoms with E-state index in [0.29, 0.717) is 18.4 Å². The smallest absolute Gasteiger partial charge is 0.0732 e. The van der Waals surface area contributed by atoms with Gasteiger partial charge in [-0.05, 0) is 75.1 Å². The molecule has 1 unspecified atom stereocenters. The Kier molecular flexibility index (Phi) is 10.4. The van der Waals surface area contributed by atoms with Crippen LogP contribution in [0.2, 0.25) is 0 Å². The first-order valence-electron chi connectivity index (χ1n) is 10.2. The van der Waals surface area contributed by atoms with E-state index < -0.39 is 0 Å². The van der Waals surface area contributed by atoms with E-state index in [2.05, 4.69) is 101 Å². The Hall–Kier alpha value is -1.68. The highest BCUT2D eigenvalue weighted by Crippen LogP contribution is 2.28. The van der Waals surface area contributed by atoms with Crippen LogP contribution in [-0.2, 0) is 16.3 Å². The van der Waals surface area contributed by atoms with Gasteiger partial charge in [0.15, 0.2) is 0 Å². The van der Waals surface area contributed by atoms with Crippen molar-refractivity contribution in [3.8, 4) is 0 Å². The first-order valence-corrected chi connectivity index (χ1v) is 10.2. The first kappa shape index (κ1) is 24.4. The third-order valence-corrected chi connectivity index (χ3v) is 5.03. The van der Waals surface area contributed by atoms with Crippen LogP contribution in [0.25, 0.3) is 0 Å². The third-order valence-electron chi connectivity index (χ3n) is 5.03. The zero-order chi connectivity index (χ0) is 21.3. The SMILES string of the molecule is COONC\C=C(C)/C=C(C)/C(C)=C\C(C)c1cc(C)cc(CC(C)C)c1C. The summed E-state index contributed by atoms with van der Waals surface area (Å²) < 4.78 is 0. The largest absolute Gasteiger partial charge is 0.221 e. The molecule has 1 atom stereocenters. The van der Waals surface area contributed by atoms with E-state index in [-0.39, 0.29) is 0 Å². The van der Waals surface area contributed by atoms with Gasteiger partial charge < -0.3 is 0 Å². The van der Waals surface area contributed by atoms with Crippen molar-refractivity contribution < 1.29 is 9.88 Å². The Morgan fingerprint density at radius 2 is 1.75 bits per heavy atom. The van der Waals surface area contributed by atoms with Gasteiger partial charge in [-0.1, -0.05) is 67.8 Å². The van der Waals surface area contributed by atoms with Crippen molar-refractivity contribution in [2.24, 2.45) is 5.92 Å². The number of hydrogen-bond acceptors (Lipinski definition) is 3. The predicted octanol–water partition coefficient (Wildman–Crippen LogP) is 6.53. The van der Waals surface area contributed by atoms with Crippen LogP contribution in [0.4, 0.5) is 0 Å². The van der Waals surface area contributed by atoms with Crippen LogP contribution in [0.3, 0.4) is 0 Å². The molecule has 0 aliphatic carbocycles. The molecule has 0 aromatic heterocycles. The number of hydrogen-bond donors (Lipinski definition) is 1. The van der Waals surface area contributed by atoms with Gasteiger partial charge in [-0.15, -0.1) is 4.99 Å². The van der Waals surface area contributed by atoms with E-state index in [1.54, 1.807) is 0 Å². The van der Waals surface area contributed by atoms with Crippen molar-refractivity contribution in [3.05, 3.63) is 69.3 Å². The molecule has 0 radical (unpaired) electrons. The van der Waals surface area contributed by atoms with Crippen LogP contribution in [0.1, 0.15) is 69.7 Å². The van der Waals surface area contributed by atoms with Gasteiger partial charge in [0, 0.05) is 6.54 Å². The minimum Gasteiger partial charge on any atom is -0.221 e. The summed E-state index contributed by atoms with van der Waals surface area (Å²) >= 11 is 0. The molecule has 28 heavy (non-hydrogen) atoms. The van der Waals surface area contributed by atoms with E-state index in [4.69, 9.17) is 0 Å². The number of allylic oxidation sites excluding steroid dienone is 5. The molecule has 1 aromatic rings. The van der Waals surface area contributed by atoms with Crippen molar-refractivity contribution >= 4 is 0 Å². The van der Waals surface area contributed by atoms with Crippen molar-refractivity contribution in [1.82, 2.24) is 5.48 Å². The lowest BCUT2D eigenvalue weighted by Gasteiger charge is -2.18. The molecule has 1 aromatic carbocycles. The van der Waals surface area contributed by atoms with Crippen LogP contribution in [-0.4, -0.2) is 13.7 Å². The average Bonchev–Trinajstić information content (AvgIpc) is 2.60. The van der Waals surface area contributed by atoms with Crippen LogP contribution in [0.5, 0.6) is 0 Å². The maximum atomic E-state index is 4.67. The van der Waals surface area contributed by atoms with Crippen molar-refractivity contribution in [2.45, 2.75) is 67.7 Å². The number of aryl methyl sites for hydroxylation is 1. The fraction of sp³-hybridized carbons (Fsp3) is 0.520. The Bertz CT molecular complexity index is 726. The van der Waals surface area contributed by atoms with Crippen LogP contribution >= 0.6 is 0 Å². The van der Waals surface area contributed by atoms with Gasteiger partial charge >= 0.3 is 0 Å². The highest BCUT2D eigenvalue weighted by atomic mass is 17.3. The van der Waals surface area contributed by atoms with Crippen molar-refractivity contribution in [2.75, 3.05) is 13.7 Å². The normalized spacial score (nSPS) is 14.7. The molecule has 0 aliphatic rings. The molecule has 0 fully saturated rings. The summed E-state index contributed by atoms with van der Waals surface area (Å²) in [5.74, 6) is 1.06. The van der Waals surface area contributed by atoms with Crippen molar-refractivity contribution in [1.29, 1.82) is 0 Å². The highest BCUT2D eigenvalue weighted by Gasteiger charge is 2.12. The van der Waals surface area contributed by atoms with E-state index in [1.807, 2.05) is 0 Å². The second-order valence-electron chi connectivity index (χ2n) is 8.25. The van der Waals surface area contributed by atoms with E-state index in [9.17, 15) is 0 Å². The summed E-state index contributed by atoms with van der Waals surface area (Å²) in [4.78, 5) is 9.18. The van der Waals surface area contributed by atoms with Gasteiger partial charge in [0.1, 0.15) is 0 Å². The zero-order valence-electron chi connectivity index (χ0n) is 19.3. The topological polar surface area (TPSA) is 30.5 Å². The lowest BCUT2D eigenvalue weighted by atomic mass is 9.87. The molecule has 3 nitrogen and oxygen atoms in total. The number of hydroxylamine groups is 1. The molecule has 0 bridgehead atoms. The maximum absolute atomic E-state index is 4.67. The minimum atomic E-state index is 0.384. The van der Waals surface area contributed by atoms with Gasteiger partial charge in [0.25, 0.3) is 0 Å². The van der Waals surface area contributed by atoms with Gasteiger partial charge in [0.2, 0.25) is 0 Å². The zero-order valence-corrected chi connectivity index (χ0v) is 19.3. The highest BCUT2D eigenvalue weighted by molar-refractivity contribution is 5.43. The van der Waals surface area contributed by atoms with Gasteiger partial charge in [-0.25, -0.2) is 4.89 Å². The molecule has 1 rings (SSSR count). The molecule has 0 aliphatic heterocycles. The quantitative estimate of drug-likeness (QED) is 0.215. The monoisotopic (exact) mass is 385 g/mol. The lowest BCUT2D eigenvalue weighted by molar-refractivity contribution is -0.315. The minimum absolute atomic E-state index is 0.384. The standard InChI is InChI=1S/C25H39NO2/c1-17(2)12-24-14-19(4)15-25(23(24)8)22(7)16-21(6)20(5)13-18(3)10-11-26-28-27-9/h10,13-17,22,26H,11-12H2,1-9H3/b18-10-,20-13+,21-16-. The Balaban J connectivity index is 3.00. The van der Waals surface area contributed by atoms with Gasteiger partial charge in [-0.3, -0.25) is 0 Å². The average molecular weight is 386 g/mol. The fourth-order valence-electron chi connectivity index (χ4n) is 3.49. The van der Waals surface area contributed by atoms with Crippen molar-refractivity contribution in [3.63, 3.8) is 0 Å². The molecule has 0 saturated carbocycles. The Morgan fingerprint density at radius 1 is 1.07 bits per heavy atom. The van der Waals surface area contributed by atoms with Crippen LogP contribution in [0.15, 0.2) is 47.1 Å². The summed E-state index contributed by atoms with van der Waals surface area (Å²) in [5, 5.41) is 0. The molecule has 0 amide bonds. The second-order valence-corrected chi connectivity index (χ2v) is 8.25. The Labute approximate surface area is 172 Å². The number of nitrogens with one attached hydrogen (secondary N) is 1. The second kappa shape index (κ2) is 12.0. The molecule has 0 heterocycles. The molecule has 1 N–H and O–H groups in total. The molecule has 0 spiro atoms. The van der Waals surface area contributed by atoms with Gasteiger partial charge in [0.05, 0.1) is 7.11 Å². The molecule has 0 saturated heterocycles. The summed E-state index contributed by atoms with van der Waals surface area (Å²) in [7, 11) is 1.48. The first-order chi connectivity index (χ1) is 13.1. The van der Waals surface area contributed by atoms with Gasteiger partial charge in [-0.2, -0.15) is 5.48 Å². The van der Waals surface area contributed by atoms with E-state index >= 15 is 0 Å². The van der Waals surface area contributed by atoms with E-state index in [0.717, 1.165) is 6.42 Å². The third kappa shape index (κ3) is 8.14. The van der Waals surface area contributed by atoms with Crippen LogP contribution in [0, 0.1) is 19.8 Å². The molecule has 3 heteroatoms. The number of benzene rings is 1. The molecule has 156 valence electrons. The van der Waals surface area contributed by atoms with Crippen LogP contribution < -0.4 is 5.48 Å². The molecular formula is C25H39NO2. The maximum Gasteiger partial charge on any atom is 0.0732 e. The van der Waals surface area contributed by atoms with E-state index in [1.165, 1.54) is 46.1 Å². The predicted molar refractivity (Wildman–Crippen MR) is 120 cm³/mol. The summed E-state index contributed by atoms with van der Waals surface area (Å²) in [5.41, 5.74) is 12.2. The summed E-state index contributed by atoms with van der Waals surface area (Å²) in [6, 6.07) is 4.70. The molecular weight excluding hydrogens is 346 g/mol. The lowest BCUT2D eigenvalue weighted by Crippen LogP contribution is -2.13. The number of rotatable bonds is 10. The summed E-state index contributed by atoms with van der Waals surface area (Å²) in [6.45, 7) is 18.4. The summed E-state index contributed by atoms with van der Waals surface area (Å²) in [6.07, 6.45) is 7.80. The Morgan fingerprint density at radius 3 is 2.36 bits per heavy atom. The fourth-order valence-corrected chi connectivity index (χ4v) is 3.49.